The van der Waals surface area contributed by atoms with E-state index >= 15 is 0 Å². The lowest BCUT2D eigenvalue weighted by Crippen LogP contribution is -2.09. The summed E-state index contributed by atoms with van der Waals surface area (Å²) >= 11 is 5.79. The molecule has 0 aliphatic rings. The summed E-state index contributed by atoms with van der Waals surface area (Å²) in [5.41, 5.74) is 4.12. The van der Waals surface area contributed by atoms with Crippen LogP contribution in [0.2, 0.25) is 5.15 Å². The van der Waals surface area contributed by atoms with Gasteiger partial charge in [0, 0.05) is 11.6 Å². The van der Waals surface area contributed by atoms with E-state index in [0.717, 1.165) is 24.3 Å². The maximum Gasteiger partial charge on any atom is 0.433 e. The van der Waals surface area contributed by atoms with Gasteiger partial charge in [-0.2, -0.15) is 13.2 Å². The van der Waals surface area contributed by atoms with Gasteiger partial charge >= 0.3 is 6.18 Å². The molecule has 0 bridgehead atoms. The third-order valence-electron chi connectivity index (χ3n) is 4.04. The zero-order chi connectivity index (χ0) is 20.9. The predicted octanol–water partition coefficient (Wildman–Crippen LogP) is 4.39. The molecule has 4 aromatic rings. The molecule has 0 aliphatic heterocycles. The molecule has 3 aromatic heterocycles. The summed E-state index contributed by atoms with van der Waals surface area (Å²) < 4.78 is 68.7. The number of fused-ring (bicyclic) bond motifs is 1. The van der Waals surface area contributed by atoms with Gasteiger partial charge in [0.25, 0.3) is 0 Å². The van der Waals surface area contributed by atoms with E-state index in [1.54, 1.807) is 0 Å². The highest BCUT2D eigenvalue weighted by molar-refractivity contribution is 6.29. The van der Waals surface area contributed by atoms with Gasteiger partial charge in [0.05, 0.1) is 11.3 Å². The van der Waals surface area contributed by atoms with Gasteiger partial charge in [0.1, 0.15) is 28.8 Å². The van der Waals surface area contributed by atoms with Gasteiger partial charge in [-0.25, -0.2) is 18.7 Å². The van der Waals surface area contributed by atoms with Crippen LogP contribution in [0.15, 0.2) is 36.7 Å². The molecule has 0 saturated carbocycles. The Morgan fingerprint density at radius 1 is 1.03 bits per heavy atom. The molecular formula is C17H8ClF5N6. The molecule has 1 aromatic carbocycles. The molecule has 4 rings (SSSR count). The summed E-state index contributed by atoms with van der Waals surface area (Å²) in [6.07, 6.45) is -3.59. The number of nitrogen functional groups attached to an aromatic ring is 1. The number of nitrogens with zero attached hydrogens (tertiary/aromatic N) is 5. The van der Waals surface area contributed by atoms with Gasteiger partial charge in [0.2, 0.25) is 5.95 Å². The summed E-state index contributed by atoms with van der Waals surface area (Å²) in [5, 5.41) is 7.09. The molecule has 148 valence electrons. The average molecular weight is 427 g/mol. The number of pyridine rings is 1. The Balaban J connectivity index is 2.10. The van der Waals surface area contributed by atoms with Crippen molar-refractivity contribution in [1.82, 2.24) is 24.6 Å². The van der Waals surface area contributed by atoms with Crippen molar-refractivity contribution in [3.63, 3.8) is 0 Å². The Morgan fingerprint density at radius 2 is 1.79 bits per heavy atom. The number of aromatic nitrogens is 5. The molecule has 2 N–H and O–H groups in total. The van der Waals surface area contributed by atoms with Crippen molar-refractivity contribution >= 4 is 23.2 Å². The molecule has 0 unspecified atom stereocenters. The van der Waals surface area contributed by atoms with E-state index in [1.807, 2.05) is 0 Å². The molecule has 0 aliphatic carbocycles. The Morgan fingerprint density at radius 3 is 2.48 bits per heavy atom. The normalized spacial score (nSPS) is 11.9. The minimum Gasteiger partial charge on any atom is -0.369 e. The number of rotatable bonds is 2. The fraction of sp³-hybridized carbons (Fsp3) is 0.0588. The Kier molecular flexibility index (Phi) is 4.34. The first-order chi connectivity index (χ1) is 13.6. The monoisotopic (exact) mass is 426 g/mol. The van der Waals surface area contributed by atoms with Crippen molar-refractivity contribution in [2.24, 2.45) is 0 Å². The van der Waals surface area contributed by atoms with Gasteiger partial charge in [-0.15, -0.1) is 10.2 Å². The average Bonchev–Trinajstić information content (AvgIpc) is 3.10. The standard InChI is InChI=1S/C17H8ClF5N6/c18-12-4-7(3-11(26-12)17(21,22)23)13-14(9-2-1-8(19)5-10(9)20)27-16(24)29-6-25-28-15(13)29/h1-6H,(H2,24,27). The zero-order valence-electron chi connectivity index (χ0n) is 14.0. The molecular weight excluding hydrogens is 419 g/mol. The SMILES string of the molecule is Nc1nc(-c2ccc(F)cc2F)c(-c2cc(Cl)nc(C(F)(F)F)c2)c2nncn12. The van der Waals surface area contributed by atoms with E-state index < -0.39 is 28.7 Å². The van der Waals surface area contributed by atoms with E-state index in [1.165, 1.54) is 10.7 Å². The van der Waals surface area contributed by atoms with Crippen LogP contribution in [0.1, 0.15) is 5.69 Å². The predicted molar refractivity (Wildman–Crippen MR) is 93.8 cm³/mol. The van der Waals surface area contributed by atoms with Crippen molar-refractivity contribution in [1.29, 1.82) is 0 Å². The first kappa shape index (κ1) is 19.0. The van der Waals surface area contributed by atoms with E-state index in [2.05, 4.69) is 20.2 Å². The van der Waals surface area contributed by atoms with Crippen molar-refractivity contribution in [2.75, 3.05) is 5.73 Å². The summed E-state index contributed by atoms with van der Waals surface area (Å²) in [7, 11) is 0. The third-order valence-corrected chi connectivity index (χ3v) is 4.23. The van der Waals surface area contributed by atoms with Gasteiger partial charge < -0.3 is 5.73 Å². The summed E-state index contributed by atoms with van der Waals surface area (Å²) in [5.74, 6) is -1.97. The van der Waals surface area contributed by atoms with Crippen LogP contribution in [-0.4, -0.2) is 24.6 Å². The van der Waals surface area contributed by atoms with Crippen molar-refractivity contribution in [2.45, 2.75) is 6.18 Å². The zero-order valence-corrected chi connectivity index (χ0v) is 14.8. The first-order valence-electron chi connectivity index (χ1n) is 7.85. The van der Waals surface area contributed by atoms with E-state index in [9.17, 15) is 22.0 Å². The van der Waals surface area contributed by atoms with Crippen LogP contribution < -0.4 is 5.73 Å². The number of nitrogens with two attached hydrogens (primary N) is 1. The van der Waals surface area contributed by atoms with Gasteiger partial charge in [0.15, 0.2) is 5.65 Å². The molecule has 12 heteroatoms. The Labute approximate surface area is 163 Å². The molecule has 0 amide bonds. The molecule has 0 radical (unpaired) electrons. The second kappa shape index (κ2) is 6.62. The van der Waals surface area contributed by atoms with Crippen LogP contribution in [0.3, 0.4) is 0 Å². The highest BCUT2D eigenvalue weighted by Crippen LogP contribution is 2.39. The number of alkyl halides is 3. The largest absolute Gasteiger partial charge is 0.433 e. The van der Waals surface area contributed by atoms with Crippen molar-refractivity contribution in [3.05, 3.63) is 59.1 Å². The summed E-state index contributed by atoms with van der Waals surface area (Å²) in [4.78, 5) is 7.36. The van der Waals surface area contributed by atoms with Crippen LogP contribution in [0.25, 0.3) is 28.0 Å². The third kappa shape index (κ3) is 3.33. The minimum absolute atomic E-state index is 0.00613. The fourth-order valence-corrected chi connectivity index (χ4v) is 3.04. The van der Waals surface area contributed by atoms with Crippen LogP contribution in [-0.2, 0) is 6.18 Å². The number of halogens is 6. The van der Waals surface area contributed by atoms with Gasteiger partial charge in [-0.1, -0.05) is 11.6 Å². The van der Waals surface area contributed by atoms with Crippen LogP contribution >= 0.6 is 11.6 Å². The number of hydrogen-bond acceptors (Lipinski definition) is 5. The lowest BCUT2D eigenvalue weighted by Gasteiger charge is -2.14. The van der Waals surface area contributed by atoms with Crippen molar-refractivity contribution in [3.8, 4) is 22.4 Å². The summed E-state index contributed by atoms with van der Waals surface area (Å²) in [6.45, 7) is 0. The molecule has 0 fully saturated rings. The van der Waals surface area contributed by atoms with Crippen molar-refractivity contribution < 1.29 is 22.0 Å². The summed E-state index contributed by atoms with van der Waals surface area (Å²) in [6, 6.07) is 4.55. The molecule has 29 heavy (non-hydrogen) atoms. The molecule has 0 spiro atoms. The minimum atomic E-state index is -4.79. The maximum atomic E-state index is 14.5. The number of benzene rings is 1. The lowest BCUT2D eigenvalue weighted by atomic mass is 9.99. The molecule has 3 heterocycles. The number of hydrogen-bond donors (Lipinski definition) is 1. The Bertz CT molecular complexity index is 1250. The van der Waals surface area contributed by atoms with Crippen LogP contribution in [0.5, 0.6) is 0 Å². The number of anilines is 1. The van der Waals surface area contributed by atoms with Crippen LogP contribution in [0.4, 0.5) is 27.9 Å². The molecule has 6 nitrogen and oxygen atoms in total. The fourth-order valence-electron chi connectivity index (χ4n) is 2.83. The molecule has 0 saturated heterocycles. The smallest absolute Gasteiger partial charge is 0.369 e. The maximum absolute atomic E-state index is 14.5. The molecule has 0 atom stereocenters. The van der Waals surface area contributed by atoms with E-state index in [0.29, 0.717) is 6.07 Å². The first-order valence-corrected chi connectivity index (χ1v) is 8.22. The quantitative estimate of drug-likeness (QED) is 0.380. The highest BCUT2D eigenvalue weighted by atomic mass is 35.5. The Hall–Kier alpha value is -3.34. The lowest BCUT2D eigenvalue weighted by molar-refractivity contribution is -0.141. The van der Waals surface area contributed by atoms with Crippen LogP contribution in [0, 0.1) is 11.6 Å². The van der Waals surface area contributed by atoms with E-state index in [4.69, 9.17) is 17.3 Å². The second-order valence-corrected chi connectivity index (χ2v) is 6.29. The van der Waals surface area contributed by atoms with E-state index in [-0.39, 0.29) is 34.0 Å². The topological polar surface area (TPSA) is 82.0 Å². The van der Waals surface area contributed by atoms with Gasteiger partial charge in [-0.3, -0.25) is 4.40 Å². The highest BCUT2D eigenvalue weighted by Gasteiger charge is 2.34. The second-order valence-electron chi connectivity index (χ2n) is 5.90. The van der Waals surface area contributed by atoms with Gasteiger partial charge in [-0.05, 0) is 29.8 Å².